The molecule has 1 heterocycles. The Kier molecular flexibility index (Phi) is 5.38. The first kappa shape index (κ1) is 14.5. The molecule has 0 aromatic heterocycles. The van der Waals surface area contributed by atoms with Gasteiger partial charge in [0.2, 0.25) is 0 Å². The Morgan fingerprint density at radius 2 is 2.16 bits per heavy atom. The lowest BCUT2D eigenvalue weighted by molar-refractivity contribution is 0.0549. The third-order valence-corrected chi connectivity index (χ3v) is 4.27. The highest BCUT2D eigenvalue weighted by molar-refractivity contribution is 9.10. The van der Waals surface area contributed by atoms with Gasteiger partial charge >= 0.3 is 0 Å². The second-order valence-electron chi connectivity index (χ2n) is 5.17. The van der Waals surface area contributed by atoms with Gasteiger partial charge in [-0.2, -0.15) is 5.26 Å². The Balaban J connectivity index is 1.91. The Morgan fingerprint density at radius 3 is 2.79 bits per heavy atom. The number of nitrogens with zero attached hydrogens (tertiary/aromatic N) is 2. The summed E-state index contributed by atoms with van der Waals surface area (Å²) in [4.78, 5) is 2.35. The first-order valence-corrected chi connectivity index (χ1v) is 7.43. The summed E-state index contributed by atoms with van der Waals surface area (Å²) in [7, 11) is 2.15. The number of rotatable bonds is 4. The maximum Gasteiger partial charge on any atom is 0.0992 e. The van der Waals surface area contributed by atoms with Crippen LogP contribution in [0.2, 0.25) is 0 Å². The fourth-order valence-corrected chi connectivity index (χ4v) is 2.97. The van der Waals surface area contributed by atoms with E-state index in [0.717, 1.165) is 36.7 Å². The van der Waals surface area contributed by atoms with Gasteiger partial charge in [-0.05, 0) is 43.5 Å². The molecule has 0 bridgehead atoms. The minimum absolute atomic E-state index is 0.697. The predicted molar refractivity (Wildman–Crippen MR) is 78.7 cm³/mol. The molecule has 0 radical (unpaired) electrons. The Labute approximate surface area is 123 Å². The van der Waals surface area contributed by atoms with Crippen molar-refractivity contribution in [2.75, 3.05) is 26.8 Å². The molecule has 4 heteroatoms. The number of hydrogen-bond acceptors (Lipinski definition) is 3. The SMILES string of the molecule is CN(Cc1ccc(C#N)cc1Br)CC1CCOCC1. The second kappa shape index (κ2) is 7.04. The molecule has 2 rings (SSSR count). The smallest absolute Gasteiger partial charge is 0.0992 e. The van der Waals surface area contributed by atoms with E-state index in [0.29, 0.717) is 5.56 Å². The van der Waals surface area contributed by atoms with Crippen molar-refractivity contribution in [2.45, 2.75) is 19.4 Å². The molecule has 0 saturated carbocycles. The molecule has 1 fully saturated rings. The molecule has 0 atom stereocenters. The largest absolute Gasteiger partial charge is 0.381 e. The Hall–Kier alpha value is -0.890. The number of nitriles is 1. The molecule has 1 aliphatic rings. The van der Waals surface area contributed by atoms with E-state index < -0.39 is 0 Å². The lowest BCUT2D eigenvalue weighted by Crippen LogP contribution is -2.29. The highest BCUT2D eigenvalue weighted by Crippen LogP contribution is 2.21. The summed E-state index contributed by atoms with van der Waals surface area (Å²) < 4.78 is 6.41. The number of hydrogen-bond donors (Lipinski definition) is 0. The van der Waals surface area contributed by atoms with E-state index in [9.17, 15) is 0 Å². The zero-order valence-corrected chi connectivity index (χ0v) is 12.8. The second-order valence-corrected chi connectivity index (χ2v) is 6.02. The molecule has 0 amide bonds. The molecule has 102 valence electrons. The summed E-state index contributed by atoms with van der Waals surface area (Å²) in [6.45, 7) is 3.82. The van der Waals surface area contributed by atoms with Crippen LogP contribution in [0.1, 0.15) is 24.0 Å². The van der Waals surface area contributed by atoms with Crippen molar-refractivity contribution in [1.82, 2.24) is 4.90 Å². The summed E-state index contributed by atoms with van der Waals surface area (Å²) >= 11 is 3.54. The Bertz CT molecular complexity index is 464. The zero-order valence-electron chi connectivity index (χ0n) is 11.2. The van der Waals surface area contributed by atoms with Crippen LogP contribution in [0, 0.1) is 17.2 Å². The third-order valence-electron chi connectivity index (χ3n) is 3.53. The average molecular weight is 323 g/mol. The van der Waals surface area contributed by atoms with Gasteiger partial charge in [0, 0.05) is 30.8 Å². The molecule has 0 unspecified atom stereocenters. The molecule has 3 nitrogen and oxygen atoms in total. The minimum Gasteiger partial charge on any atom is -0.381 e. The first-order valence-electron chi connectivity index (χ1n) is 6.64. The molecule has 0 spiro atoms. The first-order chi connectivity index (χ1) is 9.19. The summed E-state index contributed by atoms with van der Waals surface area (Å²) in [6.07, 6.45) is 2.33. The minimum atomic E-state index is 0.697. The highest BCUT2D eigenvalue weighted by atomic mass is 79.9. The van der Waals surface area contributed by atoms with Gasteiger partial charge in [-0.3, -0.25) is 0 Å². The van der Waals surface area contributed by atoms with E-state index >= 15 is 0 Å². The molecule has 1 saturated heterocycles. The van der Waals surface area contributed by atoms with Crippen molar-refractivity contribution < 1.29 is 4.74 Å². The molecular formula is C15H19BrN2O. The van der Waals surface area contributed by atoms with Crippen molar-refractivity contribution in [1.29, 1.82) is 5.26 Å². The van der Waals surface area contributed by atoms with E-state index in [1.54, 1.807) is 0 Å². The van der Waals surface area contributed by atoms with Gasteiger partial charge < -0.3 is 9.64 Å². The van der Waals surface area contributed by atoms with Crippen molar-refractivity contribution in [2.24, 2.45) is 5.92 Å². The maximum atomic E-state index is 8.86. The van der Waals surface area contributed by atoms with E-state index in [1.807, 2.05) is 18.2 Å². The molecule has 19 heavy (non-hydrogen) atoms. The number of benzene rings is 1. The zero-order chi connectivity index (χ0) is 13.7. The van der Waals surface area contributed by atoms with Crippen molar-refractivity contribution in [3.05, 3.63) is 33.8 Å². The lowest BCUT2D eigenvalue weighted by Gasteiger charge is -2.27. The maximum absolute atomic E-state index is 8.86. The van der Waals surface area contributed by atoms with Gasteiger partial charge in [-0.1, -0.05) is 22.0 Å². The van der Waals surface area contributed by atoms with Gasteiger partial charge in [0.05, 0.1) is 11.6 Å². The van der Waals surface area contributed by atoms with Gasteiger partial charge in [-0.25, -0.2) is 0 Å². The predicted octanol–water partition coefficient (Wildman–Crippen LogP) is 3.18. The number of halogens is 1. The van der Waals surface area contributed by atoms with Gasteiger partial charge in [-0.15, -0.1) is 0 Å². The topological polar surface area (TPSA) is 36.3 Å². The third kappa shape index (κ3) is 4.31. The fraction of sp³-hybridized carbons (Fsp3) is 0.533. The Morgan fingerprint density at radius 1 is 1.42 bits per heavy atom. The van der Waals surface area contributed by atoms with Crippen LogP contribution in [0.4, 0.5) is 0 Å². The van der Waals surface area contributed by atoms with E-state index in [-0.39, 0.29) is 0 Å². The standard InChI is InChI=1S/C15H19BrN2O/c1-18(10-12-4-6-19-7-5-12)11-14-3-2-13(9-17)8-15(14)16/h2-3,8,12H,4-7,10-11H2,1H3. The van der Waals surface area contributed by atoms with Crippen LogP contribution in [0.25, 0.3) is 0 Å². The monoisotopic (exact) mass is 322 g/mol. The molecule has 1 aromatic carbocycles. The van der Waals surface area contributed by atoms with Crippen LogP contribution in [-0.2, 0) is 11.3 Å². The summed E-state index contributed by atoms with van der Waals surface area (Å²) in [5.74, 6) is 0.746. The molecular weight excluding hydrogens is 304 g/mol. The van der Waals surface area contributed by atoms with E-state index in [2.05, 4.69) is 33.9 Å². The highest BCUT2D eigenvalue weighted by Gasteiger charge is 2.16. The number of ether oxygens (including phenoxy) is 1. The van der Waals surface area contributed by atoms with E-state index in [4.69, 9.17) is 10.00 Å². The summed E-state index contributed by atoms with van der Waals surface area (Å²) in [5.41, 5.74) is 1.93. The van der Waals surface area contributed by atoms with Crippen LogP contribution in [0.5, 0.6) is 0 Å². The quantitative estimate of drug-likeness (QED) is 0.854. The molecule has 1 aliphatic heterocycles. The van der Waals surface area contributed by atoms with E-state index in [1.165, 1.54) is 18.4 Å². The summed E-state index contributed by atoms with van der Waals surface area (Å²) in [6, 6.07) is 7.95. The average Bonchev–Trinajstić information content (AvgIpc) is 2.42. The van der Waals surface area contributed by atoms with Crippen molar-refractivity contribution >= 4 is 15.9 Å². The van der Waals surface area contributed by atoms with Crippen molar-refractivity contribution in [3.63, 3.8) is 0 Å². The lowest BCUT2D eigenvalue weighted by atomic mass is 9.99. The van der Waals surface area contributed by atoms with Crippen LogP contribution in [-0.4, -0.2) is 31.7 Å². The van der Waals surface area contributed by atoms with Crippen LogP contribution in [0.15, 0.2) is 22.7 Å². The fourth-order valence-electron chi connectivity index (χ4n) is 2.47. The molecule has 0 aliphatic carbocycles. The van der Waals surface area contributed by atoms with Gasteiger partial charge in [0.1, 0.15) is 0 Å². The van der Waals surface area contributed by atoms with Crippen LogP contribution in [0.3, 0.4) is 0 Å². The van der Waals surface area contributed by atoms with Gasteiger partial charge in [0.15, 0.2) is 0 Å². The molecule has 0 N–H and O–H groups in total. The summed E-state index contributed by atoms with van der Waals surface area (Å²) in [5, 5.41) is 8.86. The van der Waals surface area contributed by atoms with Crippen LogP contribution < -0.4 is 0 Å². The van der Waals surface area contributed by atoms with Crippen molar-refractivity contribution in [3.8, 4) is 6.07 Å². The van der Waals surface area contributed by atoms with Crippen LogP contribution >= 0.6 is 15.9 Å². The molecule has 1 aromatic rings. The van der Waals surface area contributed by atoms with Gasteiger partial charge in [0.25, 0.3) is 0 Å². The normalized spacial score (nSPS) is 16.5.